The Bertz CT molecular complexity index is 1440. The zero-order valence-corrected chi connectivity index (χ0v) is 21.9. The molecule has 4 rings (SSSR count). The zero-order valence-electron chi connectivity index (χ0n) is 21.9. The third-order valence-corrected chi connectivity index (χ3v) is 6.25. The second kappa shape index (κ2) is 12.4. The molecule has 4 aromatic rings. The Balaban J connectivity index is 1.87. The molecular weight excluding hydrogens is 593 g/mol. The second-order valence-corrected chi connectivity index (χ2v) is 9.32. The summed E-state index contributed by atoms with van der Waals surface area (Å²) >= 11 is 0. The van der Waals surface area contributed by atoms with Crippen molar-refractivity contribution in [1.82, 2.24) is 0 Å². The summed E-state index contributed by atoms with van der Waals surface area (Å²) in [4.78, 5) is 0. The Morgan fingerprint density at radius 2 is 0.930 bits per heavy atom. The summed E-state index contributed by atoms with van der Waals surface area (Å²) < 4.78 is 129. The van der Waals surface area contributed by atoms with E-state index >= 15 is 0 Å². The maximum Gasteiger partial charge on any atom is 0.573 e. The van der Waals surface area contributed by atoms with Crippen molar-refractivity contribution in [1.29, 1.82) is 0 Å². The molecule has 0 aliphatic rings. The van der Waals surface area contributed by atoms with Crippen LogP contribution in [0.4, 0.5) is 45.2 Å². The van der Waals surface area contributed by atoms with Crippen molar-refractivity contribution in [2.24, 2.45) is 0 Å². The molecule has 4 nitrogen and oxygen atoms in total. The summed E-state index contributed by atoms with van der Waals surface area (Å²) in [6.07, 6.45) is -15.0. The molecule has 0 saturated heterocycles. The normalized spacial score (nSPS) is 12.5. The van der Waals surface area contributed by atoms with Crippen molar-refractivity contribution in [2.75, 3.05) is 11.9 Å². The minimum Gasteiger partial charge on any atom is -0.406 e. The maximum atomic E-state index is 13.1. The van der Waals surface area contributed by atoms with Crippen LogP contribution >= 0.6 is 0 Å². The van der Waals surface area contributed by atoms with Gasteiger partial charge in [-0.3, -0.25) is 0 Å². The molecule has 0 heterocycles. The Kier molecular flexibility index (Phi) is 9.02. The number of alkyl halides is 9. The van der Waals surface area contributed by atoms with Gasteiger partial charge in [-0.05, 0) is 59.5 Å². The van der Waals surface area contributed by atoms with Crippen LogP contribution in [0.5, 0.6) is 17.2 Å². The van der Waals surface area contributed by atoms with E-state index in [0.29, 0.717) is 5.56 Å². The van der Waals surface area contributed by atoms with Gasteiger partial charge in [0.15, 0.2) is 0 Å². The van der Waals surface area contributed by atoms with E-state index < -0.39 is 41.8 Å². The lowest BCUT2D eigenvalue weighted by Gasteiger charge is -2.36. The largest absolute Gasteiger partial charge is 0.573 e. The van der Waals surface area contributed by atoms with Crippen molar-refractivity contribution in [2.45, 2.75) is 30.9 Å². The predicted octanol–water partition coefficient (Wildman–Crippen LogP) is 9.02. The Morgan fingerprint density at radius 1 is 0.488 bits per heavy atom. The molecule has 0 atom stereocenters. The first-order chi connectivity index (χ1) is 20.1. The van der Waals surface area contributed by atoms with Crippen LogP contribution in [-0.4, -0.2) is 25.6 Å². The first-order valence-corrected chi connectivity index (χ1v) is 12.5. The first-order valence-electron chi connectivity index (χ1n) is 12.5. The van der Waals surface area contributed by atoms with Gasteiger partial charge in [-0.2, -0.15) is 0 Å². The lowest BCUT2D eigenvalue weighted by atomic mass is 9.70. The molecule has 0 aliphatic heterocycles. The number of hydrogen-bond donors (Lipinski definition) is 1. The van der Waals surface area contributed by atoms with E-state index in [1.54, 1.807) is 30.3 Å². The molecule has 0 spiro atoms. The highest BCUT2D eigenvalue weighted by atomic mass is 19.4. The van der Waals surface area contributed by atoms with Crippen molar-refractivity contribution in [3.63, 3.8) is 0 Å². The molecule has 0 bridgehead atoms. The highest BCUT2D eigenvalue weighted by Gasteiger charge is 2.38. The Hall–Kier alpha value is -4.55. The van der Waals surface area contributed by atoms with Gasteiger partial charge in [0.25, 0.3) is 0 Å². The smallest absolute Gasteiger partial charge is 0.406 e. The number of ether oxygens (including phenoxy) is 3. The number of rotatable bonds is 10. The fourth-order valence-corrected chi connectivity index (χ4v) is 4.62. The molecular formula is C30H22F9NO3. The highest BCUT2D eigenvalue weighted by molar-refractivity contribution is 5.53. The van der Waals surface area contributed by atoms with Crippen LogP contribution in [0.3, 0.4) is 0 Å². The van der Waals surface area contributed by atoms with E-state index in [1.807, 2.05) is 0 Å². The van der Waals surface area contributed by atoms with Crippen LogP contribution in [0.25, 0.3) is 0 Å². The molecule has 0 unspecified atom stereocenters. The van der Waals surface area contributed by atoms with Gasteiger partial charge in [0.05, 0.1) is 0 Å². The lowest BCUT2D eigenvalue weighted by molar-refractivity contribution is -0.275. The average Bonchev–Trinajstić information content (AvgIpc) is 2.89. The van der Waals surface area contributed by atoms with Gasteiger partial charge in [0, 0.05) is 23.7 Å². The SMILES string of the molecule is FC(F)(F)Oc1cccc(NCC(Cc2ccccc2)(c2cccc(OC(F)(F)F)c2)c2cccc(OC(F)(F)F)c2)c1. The molecule has 228 valence electrons. The maximum absolute atomic E-state index is 13.1. The summed E-state index contributed by atoms with van der Waals surface area (Å²) in [5.74, 6) is -1.69. The molecule has 0 saturated carbocycles. The molecule has 4 aromatic carbocycles. The summed E-state index contributed by atoms with van der Waals surface area (Å²) in [5.41, 5.74) is -0.208. The van der Waals surface area contributed by atoms with Gasteiger partial charge >= 0.3 is 19.1 Å². The minimum atomic E-state index is -5.03. The van der Waals surface area contributed by atoms with Crippen LogP contribution in [0.2, 0.25) is 0 Å². The summed E-state index contributed by atoms with van der Waals surface area (Å²) in [6.45, 7) is -0.206. The monoisotopic (exact) mass is 615 g/mol. The van der Waals surface area contributed by atoms with Crippen LogP contribution < -0.4 is 19.5 Å². The standard InChI is InChI=1S/C30H22F9NO3/c31-28(32,33)41-24-12-4-9-21(15-24)27(18-20-7-2-1-3-8-20,22-10-5-13-25(16-22)42-29(34,35)36)19-40-23-11-6-14-26(17-23)43-30(37,38)39/h1-17,40H,18-19H2. The number of benzene rings is 4. The fraction of sp³-hybridized carbons (Fsp3) is 0.200. The zero-order chi connectivity index (χ0) is 31.3. The van der Waals surface area contributed by atoms with Gasteiger partial charge in [-0.25, -0.2) is 0 Å². The fourth-order valence-electron chi connectivity index (χ4n) is 4.62. The van der Waals surface area contributed by atoms with E-state index in [2.05, 4.69) is 19.5 Å². The molecule has 0 amide bonds. The first kappa shape index (κ1) is 31.4. The van der Waals surface area contributed by atoms with E-state index in [1.165, 1.54) is 36.4 Å². The third-order valence-electron chi connectivity index (χ3n) is 6.25. The average molecular weight is 615 g/mol. The molecule has 0 radical (unpaired) electrons. The van der Waals surface area contributed by atoms with Gasteiger partial charge in [-0.15, -0.1) is 39.5 Å². The number of halogens is 9. The number of nitrogens with one attached hydrogen (secondary N) is 1. The summed E-state index contributed by atoms with van der Waals surface area (Å²) in [7, 11) is 0. The molecule has 0 aromatic heterocycles. The molecule has 0 fully saturated rings. The van der Waals surface area contributed by atoms with Gasteiger partial charge < -0.3 is 19.5 Å². The lowest BCUT2D eigenvalue weighted by Crippen LogP contribution is -2.38. The van der Waals surface area contributed by atoms with Crippen LogP contribution in [0.15, 0.2) is 103 Å². The number of hydrogen-bond acceptors (Lipinski definition) is 4. The van der Waals surface area contributed by atoms with Gasteiger partial charge in [0.1, 0.15) is 17.2 Å². The van der Waals surface area contributed by atoms with Crippen LogP contribution in [0.1, 0.15) is 16.7 Å². The van der Waals surface area contributed by atoms with Crippen LogP contribution in [0, 0.1) is 0 Å². The quantitative estimate of drug-likeness (QED) is 0.181. The molecule has 1 N–H and O–H groups in total. The van der Waals surface area contributed by atoms with E-state index in [0.717, 1.165) is 36.4 Å². The van der Waals surface area contributed by atoms with Gasteiger partial charge in [-0.1, -0.05) is 60.7 Å². The summed E-state index contributed by atoms with van der Waals surface area (Å²) in [6, 6.07) is 23.4. The minimum absolute atomic E-state index is 0.0323. The van der Waals surface area contributed by atoms with Crippen molar-refractivity contribution in [3.05, 3.63) is 120 Å². The van der Waals surface area contributed by atoms with Crippen molar-refractivity contribution < 1.29 is 53.7 Å². The van der Waals surface area contributed by atoms with Gasteiger partial charge in [0.2, 0.25) is 0 Å². The molecule has 13 heteroatoms. The predicted molar refractivity (Wildman–Crippen MR) is 139 cm³/mol. The number of anilines is 1. The second-order valence-electron chi connectivity index (χ2n) is 9.32. The Morgan fingerprint density at radius 3 is 1.40 bits per heavy atom. The molecule has 43 heavy (non-hydrogen) atoms. The van der Waals surface area contributed by atoms with E-state index in [-0.39, 0.29) is 29.8 Å². The highest BCUT2D eigenvalue weighted by Crippen LogP contribution is 2.40. The Labute approximate surface area is 239 Å². The van der Waals surface area contributed by atoms with Crippen molar-refractivity contribution >= 4 is 5.69 Å². The summed E-state index contributed by atoms with van der Waals surface area (Å²) in [5, 5.41) is 2.99. The van der Waals surface area contributed by atoms with E-state index in [4.69, 9.17) is 0 Å². The van der Waals surface area contributed by atoms with E-state index in [9.17, 15) is 39.5 Å². The topological polar surface area (TPSA) is 39.7 Å². The molecule has 0 aliphatic carbocycles. The van der Waals surface area contributed by atoms with Crippen molar-refractivity contribution in [3.8, 4) is 17.2 Å². The third kappa shape index (κ3) is 9.22. The van der Waals surface area contributed by atoms with Crippen LogP contribution in [-0.2, 0) is 11.8 Å².